The Hall–Kier alpha value is -6.90. The summed E-state index contributed by atoms with van der Waals surface area (Å²) in [5, 5.41) is 34.0. The van der Waals surface area contributed by atoms with Crippen LogP contribution in [0.1, 0.15) is 155 Å². The number of amides is 12. The number of allylic oxidation sites excluding steroid dienone is 2. The maximum Gasteiger partial charge on any atom is 0.410 e. The summed E-state index contributed by atoms with van der Waals surface area (Å²) in [6.07, 6.45) is 1.91. The van der Waals surface area contributed by atoms with Crippen molar-refractivity contribution in [1.82, 2.24) is 60.5 Å². The van der Waals surface area contributed by atoms with E-state index in [1.54, 1.807) is 60.6 Å². The van der Waals surface area contributed by atoms with Gasteiger partial charge in [0.2, 0.25) is 65.0 Å². The van der Waals surface area contributed by atoms with Gasteiger partial charge >= 0.3 is 6.09 Å². The van der Waals surface area contributed by atoms with Crippen LogP contribution in [-0.2, 0) is 57.5 Å². The van der Waals surface area contributed by atoms with E-state index in [9.17, 15) is 39.0 Å². The molecule has 14 atom stereocenters. The van der Waals surface area contributed by atoms with Gasteiger partial charge in [-0.2, -0.15) is 0 Å². The van der Waals surface area contributed by atoms with Gasteiger partial charge in [-0.15, -0.1) is 0 Å². The Kier molecular flexibility index (Phi) is 31.2. The van der Waals surface area contributed by atoms with Crippen molar-refractivity contribution in [2.75, 3.05) is 68.5 Å². The molecule has 0 aromatic heterocycles. The van der Waals surface area contributed by atoms with Crippen LogP contribution in [0.2, 0.25) is 0 Å². The molecule has 6 N–H and O–H groups in total. The minimum Gasteiger partial charge on any atom is -0.444 e. The number of carbonyl (C=O) groups is 12. The molecule has 3 heterocycles. The highest BCUT2D eigenvalue weighted by molar-refractivity contribution is 6.00. The number of aliphatic hydroxyl groups is 2. The zero-order chi connectivity index (χ0) is 71.0. The maximum absolute atomic E-state index is 15.3. The first-order valence-electron chi connectivity index (χ1n) is 33.3. The van der Waals surface area contributed by atoms with Gasteiger partial charge in [0.15, 0.2) is 0 Å². The molecule has 12 amide bonds. The molecule has 3 aliphatic rings. The number of likely N-dealkylation sites (tertiary alicyclic amines) is 1. The van der Waals surface area contributed by atoms with Crippen LogP contribution in [0.5, 0.6) is 0 Å². The number of hydrogen-bond donors (Lipinski definition) is 6. The summed E-state index contributed by atoms with van der Waals surface area (Å²) < 4.78 is 5.93. The third kappa shape index (κ3) is 20.8. The van der Waals surface area contributed by atoms with Crippen LogP contribution >= 0.6 is 0 Å². The zero-order valence-corrected chi connectivity index (χ0v) is 59.4. The normalized spacial score (nSPS) is 28.5. The fourth-order valence-electron chi connectivity index (χ4n) is 12.4. The van der Waals surface area contributed by atoms with Crippen molar-refractivity contribution < 1.29 is 72.5 Å². The average molecular weight is 1320 g/mol. The molecule has 0 aromatic carbocycles. The Morgan fingerprint density at radius 3 is 1.52 bits per heavy atom. The van der Waals surface area contributed by atoms with Crippen molar-refractivity contribution >= 4 is 71.1 Å². The topological polar surface area (TPSA) is 329 Å². The molecule has 3 aliphatic heterocycles. The molecule has 528 valence electrons. The van der Waals surface area contributed by atoms with Gasteiger partial charge in [-0.3, -0.25) is 52.7 Å². The Labute approximate surface area is 552 Å². The lowest BCUT2D eigenvalue weighted by atomic mass is 9.91. The van der Waals surface area contributed by atoms with Gasteiger partial charge < -0.3 is 75.4 Å². The third-order valence-corrected chi connectivity index (χ3v) is 18.2. The van der Waals surface area contributed by atoms with E-state index in [0.717, 1.165) is 32.4 Å². The predicted molar refractivity (Wildman–Crippen MR) is 350 cm³/mol. The number of nitrogens with zero attached hydrogens (tertiary/aromatic N) is 8. The number of aliphatic hydroxyl groups excluding tert-OH is 2. The molecule has 27 heteroatoms. The number of fused-ring (bicyclic) bond motifs is 1. The Balaban J connectivity index is 2.37. The Morgan fingerprint density at radius 2 is 1.02 bits per heavy atom. The minimum absolute atomic E-state index is 0.0938. The summed E-state index contributed by atoms with van der Waals surface area (Å²) in [6, 6.07) is -15.1. The fourth-order valence-corrected chi connectivity index (χ4v) is 12.4. The number of ether oxygens (including phenoxy) is 1. The first-order chi connectivity index (χ1) is 43.3. The molecule has 93 heavy (non-hydrogen) atoms. The molecule has 3 rings (SSSR count). The van der Waals surface area contributed by atoms with Crippen molar-refractivity contribution in [2.45, 2.75) is 234 Å². The molecular weight excluding hydrogens is 1200 g/mol. The van der Waals surface area contributed by atoms with Gasteiger partial charge in [0.05, 0.1) is 19.3 Å². The molecule has 0 radical (unpaired) electrons. The number of rotatable bonds is 15. The first-order valence-corrected chi connectivity index (χ1v) is 33.3. The van der Waals surface area contributed by atoms with E-state index in [2.05, 4.69) is 21.3 Å². The van der Waals surface area contributed by atoms with Crippen LogP contribution in [0.3, 0.4) is 0 Å². The number of nitrogens with one attached hydrogen (secondary N) is 4. The quantitative estimate of drug-likeness (QED) is 0.128. The van der Waals surface area contributed by atoms with Crippen LogP contribution < -0.4 is 21.3 Å². The fraction of sp³-hybridized carbons (Fsp3) is 0.788. The lowest BCUT2D eigenvalue weighted by Gasteiger charge is -2.41. The second-order valence-electron chi connectivity index (χ2n) is 27.8. The summed E-state index contributed by atoms with van der Waals surface area (Å²) in [5.41, 5.74) is 0. The highest BCUT2D eigenvalue weighted by Gasteiger charge is 2.49. The second kappa shape index (κ2) is 36.1. The maximum atomic E-state index is 15.3. The smallest absolute Gasteiger partial charge is 0.410 e. The monoisotopic (exact) mass is 1310 g/mol. The SMILES string of the molecule is C/C=C/C[C@@H](C)[C@@H](O)[C@H]1C(=O)N[C@@H](CC)C(=O)N2CC(OC(=O)N3CCCC3)C[C@@H]2C(=O)N(C)[C@@H](CO)C(=O)N[C@@H](C(C)C)C(=O)N(C)[C@@H](CC(C)C)C(=O)N[C@@H](C)C(=O)N[C@H](C)C(=O)N(C)[C@@H](CC(C)C)C(=O)N(C)[C@@H](CC(C)C)C(=O)N(C)[C@@H](C(C)C)C(=O)N1C. The summed E-state index contributed by atoms with van der Waals surface area (Å²) >= 11 is 0. The van der Waals surface area contributed by atoms with Crippen LogP contribution in [0.25, 0.3) is 0 Å². The summed E-state index contributed by atoms with van der Waals surface area (Å²) in [4.78, 5) is 186. The van der Waals surface area contributed by atoms with Crippen LogP contribution in [0, 0.1) is 35.5 Å². The van der Waals surface area contributed by atoms with Crippen molar-refractivity contribution in [1.29, 1.82) is 0 Å². The molecule has 27 nitrogen and oxygen atoms in total. The number of carbonyl (C=O) groups excluding carboxylic acids is 12. The molecule has 1 unspecified atom stereocenters. The van der Waals surface area contributed by atoms with Gasteiger partial charge in [0.25, 0.3) is 0 Å². The number of likely N-dealkylation sites (N-methyl/N-ethyl adjacent to an activating group) is 6. The summed E-state index contributed by atoms with van der Waals surface area (Å²) in [6.45, 7) is 25.2. The van der Waals surface area contributed by atoms with Crippen molar-refractivity contribution in [3.63, 3.8) is 0 Å². The first kappa shape index (κ1) is 80.3. The largest absolute Gasteiger partial charge is 0.444 e. The summed E-state index contributed by atoms with van der Waals surface area (Å²) in [7, 11) is 8.19. The standard InChI is InChI=1S/C66H114N12O15/c1-22-24-27-41(13)54(80)53-58(84)69-45(23-2)60(86)78-34-44(93-66(92)77-28-25-26-29-77)33-49(78)63(89)74(19)50(35-79)57(83)70-51(39(9)10)64(90)71(16)46(30-36(3)4)56(82)67-42(14)55(81)68-43(15)59(85)72(17)47(31-37(5)6)61(87)73(18)48(32-38(7)8)62(88)75(20)52(40(11)12)65(91)76(53)21/h22,24,36-54,79-80H,23,25-35H2,1-21H3,(H,67,82)(H,68,81)(H,69,84)(H,70,83)/b24-22+/t41-,42+,43-,44?,45+,46+,47+,48+,49-,50+,51+,52+,53+,54-/m1/s1. The third-order valence-electron chi connectivity index (χ3n) is 18.2. The van der Waals surface area contributed by atoms with E-state index in [-0.39, 0.29) is 62.8 Å². The lowest BCUT2D eigenvalue weighted by molar-refractivity contribution is -0.157. The Morgan fingerprint density at radius 1 is 0.548 bits per heavy atom. The molecule has 0 bridgehead atoms. The van der Waals surface area contributed by atoms with E-state index in [1.165, 1.54) is 75.7 Å². The van der Waals surface area contributed by atoms with Crippen molar-refractivity contribution in [3.8, 4) is 0 Å². The van der Waals surface area contributed by atoms with Gasteiger partial charge in [-0.25, -0.2) is 4.79 Å². The zero-order valence-electron chi connectivity index (χ0n) is 59.4. The average Bonchev–Trinajstić information content (AvgIpc) is 1.79. The van der Waals surface area contributed by atoms with Crippen molar-refractivity contribution in [2.24, 2.45) is 35.5 Å². The van der Waals surface area contributed by atoms with E-state index in [4.69, 9.17) is 4.74 Å². The van der Waals surface area contributed by atoms with Gasteiger partial charge in [0.1, 0.15) is 72.6 Å². The van der Waals surface area contributed by atoms with Crippen LogP contribution in [0.15, 0.2) is 12.2 Å². The number of hydrogen-bond acceptors (Lipinski definition) is 15. The highest BCUT2D eigenvalue weighted by Crippen LogP contribution is 2.29. The second-order valence-corrected chi connectivity index (χ2v) is 27.8. The lowest BCUT2D eigenvalue weighted by Crippen LogP contribution is -2.64. The molecular formula is C66H114N12O15. The van der Waals surface area contributed by atoms with E-state index < -0.39 is 174 Å². The van der Waals surface area contributed by atoms with Gasteiger partial charge in [-0.1, -0.05) is 95.2 Å². The molecule has 3 saturated heterocycles. The van der Waals surface area contributed by atoms with Gasteiger partial charge in [-0.05, 0) is 101 Å². The van der Waals surface area contributed by atoms with Crippen LogP contribution in [0.4, 0.5) is 4.79 Å². The van der Waals surface area contributed by atoms with E-state index in [1.807, 2.05) is 41.5 Å². The minimum atomic E-state index is -1.71. The summed E-state index contributed by atoms with van der Waals surface area (Å²) in [5.74, 6) is -11.1. The molecule has 0 aliphatic carbocycles. The van der Waals surface area contributed by atoms with E-state index >= 15 is 28.8 Å². The van der Waals surface area contributed by atoms with E-state index in [0.29, 0.717) is 13.1 Å². The van der Waals surface area contributed by atoms with Crippen LogP contribution in [-0.4, -0.2) is 268 Å². The highest BCUT2D eigenvalue weighted by atomic mass is 16.6. The predicted octanol–water partition coefficient (Wildman–Crippen LogP) is 1.96. The van der Waals surface area contributed by atoms with Gasteiger partial charge in [0, 0.05) is 61.8 Å². The molecule has 0 aromatic rings. The molecule has 3 fully saturated rings. The Bertz CT molecular complexity index is 2650. The molecule has 0 saturated carbocycles. The van der Waals surface area contributed by atoms with Crippen molar-refractivity contribution in [3.05, 3.63) is 12.2 Å². The molecule has 0 spiro atoms.